The van der Waals surface area contributed by atoms with Crippen LogP contribution in [0.4, 0.5) is 0 Å². The van der Waals surface area contributed by atoms with E-state index < -0.39 is 0 Å². The van der Waals surface area contributed by atoms with Gasteiger partial charge in [-0.25, -0.2) is 0 Å². The molecule has 0 fully saturated rings. The average molecular weight is 162 g/mol. The molecule has 0 bridgehead atoms. The van der Waals surface area contributed by atoms with Gasteiger partial charge in [-0.3, -0.25) is 0 Å². The van der Waals surface area contributed by atoms with Gasteiger partial charge in [0.1, 0.15) is 12.4 Å². The van der Waals surface area contributed by atoms with E-state index in [1.54, 1.807) is 12.1 Å². The first-order valence-corrected chi connectivity index (χ1v) is 3.81. The molecule has 0 unspecified atom stereocenters. The zero-order chi connectivity index (χ0) is 8.81. The van der Waals surface area contributed by atoms with Crippen LogP contribution in [0.1, 0.15) is 5.56 Å². The summed E-state index contributed by atoms with van der Waals surface area (Å²) in [6, 6.07) is 8.44. The summed E-state index contributed by atoms with van der Waals surface area (Å²) >= 11 is 0. The number of ether oxygens (including phenoxy) is 1. The molecule has 1 aromatic carbocycles. The molecule has 0 spiro atoms. The average Bonchev–Trinajstić information content (AvgIpc) is 2.15. The normalized spacial score (nSPS) is 9.42. The third-order valence-electron chi connectivity index (χ3n) is 1.49. The minimum atomic E-state index is 0.487. The van der Waals surface area contributed by atoms with Crippen molar-refractivity contribution in [2.75, 3.05) is 6.61 Å². The molecule has 0 aliphatic carbocycles. The molecule has 2 heteroatoms. The van der Waals surface area contributed by atoms with Crippen molar-refractivity contribution in [1.82, 2.24) is 0 Å². The van der Waals surface area contributed by atoms with E-state index in [1.165, 1.54) is 0 Å². The first kappa shape index (κ1) is 8.81. The predicted molar refractivity (Wildman–Crippen MR) is 48.9 cm³/mol. The van der Waals surface area contributed by atoms with Gasteiger partial charge in [0, 0.05) is 12.1 Å². The van der Waals surface area contributed by atoms with Crippen LogP contribution in [0.5, 0.6) is 5.75 Å². The Kier molecular flexibility index (Phi) is 3.35. The fourth-order valence-corrected chi connectivity index (χ4v) is 0.899. The molecule has 0 aliphatic rings. The van der Waals surface area contributed by atoms with Gasteiger partial charge < -0.3 is 10.5 Å². The zero-order valence-corrected chi connectivity index (χ0v) is 6.92. The van der Waals surface area contributed by atoms with Crippen molar-refractivity contribution >= 4 is 0 Å². The minimum absolute atomic E-state index is 0.487. The summed E-state index contributed by atoms with van der Waals surface area (Å²) in [5, 5.41) is 0. The van der Waals surface area contributed by atoms with Crippen LogP contribution < -0.4 is 10.5 Å². The van der Waals surface area contributed by atoms with Gasteiger partial charge in [-0.2, -0.15) is 0 Å². The lowest BCUT2D eigenvalue weighted by molar-refractivity contribution is 0.359. The first-order valence-electron chi connectivity index (χ1n) is 3.81. The fourth-order valence-electron chi connectivity index (χ4n) is 0.899. The van der Waals surface area contributed by atoms with Gasteiger partial charge in [-0.1, -0.05) is 24.8 Å². The smallest absolute Gasteiger partial charge is 0.124 e. The molecule has 63 valence electrons. The Labute approximate surface area is 72.7 Å². The minimum Gasteiger partial charge on any atom is -0.489 e. The Hall–Kier alpha value is -1.28. The summed E-state index contributed by atoms with van der Waals surface area (Å²) in [6.07, 6.45) is 1.70. The highest BCUT2D eigenvalue weighted by Gasteiger charge is 1.98. The molecule has 12 heavy (non-hydrogen) atoms. The summed E-state index contributed by atoms with van der Waals surface area (Å²) in [5.74, 6) is 0.792. The van der Waals surface area contributed by atoms with E-state index in [9.17, 15) is 0 Å². The summed E-state index contributed by atoms with van der Waals surface area (Å²) in [5.41, 5.74) is 6.50. The molecule has 1 radical (unpaired) electrons. The highest BCUT2D eigenvalue weighted by Crippen LogP contribution is 2.16. The molecule has 2 N–H and O–H groups in total. The monoisotopic (exact) mass is 162 g/mol. The summed E-state index contributed by atoms with van der Waals surface area (Å²) in [4.78, 5) is 0. The lowest BCUT2D eigenvalue weighted by atomic mass is 10.2. The molecule has 1 rings (SSSR count). The summed E-state index contributed by atoms with van der Waals surface area (Å²) in [6.45, 7) is 4.56. The number of hydrogen-bond acceptors (Lipinski definition) is 2. The van der Waals surface area contributed by atoms with Gasteiger partial charge in [0.2, 0.25) is 0 Å². The van der Waals surface area contributed by atoms with Crippen molar-refractivity contribution < 1.29 is 4.74 Å². The van der Waals surface area contributed by atoms with Crippen molar-refractivity contribution in [3.05, 3.63) is 42.5 Å². The maximum atomic E-state index is 5.50. The van der Waals surface area contributed by atoms with E-state index in [1.807, 2.05) is 12.1 Å². The van der Waals surface area contributed by atoms with Crippen molar-refractivity contribution in [1.29, 1.82) is 0 Å². The van der Waals surface area contributed by atoms with Crippen molar-refractivity contribution in [2.24, 2.45) is 5.73 Å². The van der Waals surface area contributed by atoms with Crippen molar-refractivity contribution in [2.45, 2.75) is 6.54 Å². The standard InChI is InChI=1S/C10H12NO/c1-2-7-12-10-6-4-3-5-9(10)8-11/h2-3,5-6H,1,7-8,11H2. The molecule has 0 saturated heterocycles. The van der Waals surface area contributed by atoms with E-state index in [0.29, 0.717) is 13.2 Å². The highest BCUT2D eigenvalue weighted by atomic mass is 16.5. The molecular formula is C10H12NO. The van der Waals surface area contributed by atoms with Crippen LogP contribution in [0.25, 0.3) is 0 Å². The van der Waals surface area contributed by atoms with Crippen molar-refractivity contribution in [3.63, 3.8) is 0 Å². The molecule has 2 nitrogen and oxygen atoms in total. The largest absolute Gasteiger partial charge is 0.489 e. The molecule has 0 aliphatic heterocycles. The van der Waals surface area contributed by atoms with Gasteiger partial charge in [0.05, 0.1) is 0 Å². The lowest BCUT2D eigenvalue weighted by Crippen LogP contribution is -2.01. The number of nitrogens with two attached hydrogens (primary N) is 1. The van der Waals surface area contributed by atoms with Gasteiger partial charge in [0.25, 0.3) is 0 Å². The van der Waals surface area contributed by atoms with E-state index in [0.717, 1.165) is 11.3 Å². The van der Waals surface area contributed by atoms with E-state index in [-0.39, 0.29) is 0 Å². The van der Waals surface area contributed by atoms with Crippen LogP contribution >= 0.6 is 0 Å². The molecule has 0 saturated carbocycles. The van der Waals surface area contributed by atoms with Gasteiger partial charge in [0.15, 0.2) is 0 Å². The summed E-state index contributed by atoms with van der Waals surface area (Å²) in [7, 11) is 0. The SMILES string of the molecule is C=CCOc1c[c]ccc1CN. The molecular weight excluding hydrogens is 150 g/mol. The Morgan fingerprint density at radius 3 is 3.17 bits per heavy atom. The van der Waals surface area contributed by atoms with Crippen LogP contribution in [0.2, 0.25) is 0 Å². The predicted octanol–water partition coefficient (Wildman–Crippen LogP) is 1.51. The van der Waals surface area contributed by atoms with Crippen molar-refractivity contribution in [3.8, 4) is 5.75 Å². The molecule has 0 amide bonds. The zero-order valence-electron chi connectivity index (χ0n) is 6.92. The van der Waals surface area contributed by atoms with Gasteiger partial charge >= 0.3 is 0 Å². The van der Waals surface area contributed by atoms with Crippen LogP contribution in [-0.2, 0) is 6.54 Å². The van der Waals surface area contributed by atoms with E-state index in [2.05, 4.69) is 12.6 Å². The van der Waals surface area contributed by atoms with Crippen LogP contribution in [0.3, 0.4) is 0 Å². The third kappa shape index (κ3) is 2.10. The third-order valence-corrected chi connectivity index (χ3v) is 1.49. The second-order valence-electron chi connectivity index (χ2n) is 2.34. The maximum absolute atomic E-state index is 5.50. The molecule has 0 heterocycles. The van der Waals surface area contributed by atoms with Crippen LogP contribution in [0, 0.1) is 6.07 Å². The lowest BCUT2D eigenvalue weighted by Gasteiger charge is -2.06. The quantitative estimate of drug-likeness (QED) is 0.681. The molecule has 1 aromatic rings. The number of hydrogen-bond donors (Lipinski definition) is 1. The van der Waals surface area contributed by atoms with Crippen LogP contribution in [-0.4, -0.2) is 6.61 Å². The van der Waals surface area contributed by atoms with E-state index >= 15 is 0 Å². The Balaban J connectivity index is 2.74. The van der Waals surface area contributed by atoms with Gasteiger partial charge in [-0.05, 0) is 12.1 Å². The Bertz CT molecular complexity index is 258. The van der Waals surface area contributed by atoms with E-state index in [4.69, 9.17) is 10.5 Å². The second-order valence-corrected chi connectivity index (χ2v) is 2.34. The Morgan fingerprint density at radius 1 is 1.67 bits per heavy atom. The number of rotatable bonds is 4. The maximum Gasteiger partial charge on any atom is 0.124 e. The number of benzene rings is 1. The second kappa shape index (κ2) is 4.57. The molecule has 0 atom stereocenters. The highest BCUT2D eigenvalue weighted by molar-refractivity contribution is 5.32. The van der Waals surface area contributed by atoms with Crippen LogP contribution in [0.15, 0.2) is 30.9 Å². The summed E-state index contributed by atoms with van der Waals surface area (Å²) < 4.78 is 5.35. The fraction of sp³-hybridized carbons (Fsp3) is 0.200. The Morgan fingerprint density at radius 2 is 2.50 bits per heavy atom. The van der Waals surface area contributed by atoms with Gasteiger partial charge in [-0.15, -0.1) is 0 Å². The topological polar surface area (TPSA) is 35.2 Å². The molecule has 0 aromatic heterocycles. The first-order chi connectivity index (χ1) is 5.88.